The van der Waals surface area contributed by atoms with Crippen molar-refractivity contribution in [1.82, 2.24) is 4.98 Å². The van der Waals surface area contributed by atoms with E-state index in [2.05, 4.69) is 20.6 Å². The molecular formula is C21H21F2N5O3. The first-order valence-electron chi connectivity index (χ1n) is 9.72. The van der Waals surface area contributed by atoms with Gasteiger partial charge in [0.2, 0.25) is 11.8 Å². The summed E-state index contributed by atoms with van der Waals surface area (Å²) in [6, 6.07) is 6.29. The van der Waals surface area contributed by atoms with Crippen LogP contribution in [0.4, 0.5) is 26.0 Å². The molecule has 3 N–H and O–H groups in total. The number of hydrogen-bond acceptors (Lipinski definition) is 6. The first-order valence-corrected chi connectivity index (χ1v) is 9.72. The van der Waals surface area contributed by atoms with Crippen LogP contribution in [0.2, 0.25) is 0 Å². The van der Waals surface area contributed by atoms with Gasteiger partial charge < -0.3 is 20.1 Å². The van der Waals surface area contributed by atoms with Gasteiger partial charge in [-0.1, -0.05) is 6.07 Å². The molecule has 2 aliphatic rings. The minimum atomic E-state index is -3.26. The maximum atomic E-state index is 14.5. The summed E-state index contributed by atoms with van der Waals surface area (Å²) >= 11 is 0. The number of halogens is 2. The van der Waals surface area contributed by atoms with Crippen molar-refractivity contribution in [3.05, 3.63) is 35.4 Å². The van der Waals surface area contributed by atoms with Crippen molar-refractivity contribution in [3.8, 4) is 11.6 Å². The highest BCUT2D eigenvalue weighted by atomic mass is 19.3. The number of anilines is 3. The van der Waals surface area contributed by atoms with Crippen LogP contribution < -0.4 is 20.1 Å². The molecule has 1 amide bonds. The number of carbonyl (C=O) groups excluding carboxylic acids is 1. The lowest BCUT2D eigenvalue weighted by Gasteiger charge is -2.18. The Bertz CT molecular complexity index is 1080. The van der Waals surface area contributed by atoms with Gasteiger partial charge in [-0.25, -0.2) is 4.99 Å². The Hall–Kier alpha value is -3.56. The summed E-state index contributed by atoms with van der Waals surface area (Å²) in [7, 11) is 1.42. The second-order valence-corrected chi connectivity index (χ2v) is 7.24. The van der Waals surface area contributed by atoms with Crippen molar-refractivity contribution in [2.24, 2.45) is 10.9 Å². The Morgan fingerprint density at radius 1 is 1.39 bits per heavy atom. The van der Waals surface area contributed by atoms with Gasteiger partial charge in [-0.05, 0) is 31.9 Å². The van der Waals surface area contributed by atoms with Crippen LogP contribution >= 0.6 is 0 Å². The quantitative estimate of drug-likeness (QED) is 0.474. The number of pyridine rings is 1. The normalized spacial score (nSPS) is 16.5. The third-order valence-electron chi connectivity index (χ3n) is 4.94. The Kier molecular flexibility index (Phi) is 5.30. The van der Waals surface area contributed by atoms with Gasteiger partial charge in [0.15, 0.2) is 18.2 Å². The van der Waals surface area contributed by atoms with Gasteiger partial charge in [0.05, 0.1) is 24.0 Å². The average molecular weight is 429 g/mol. The van der Waals surface area contributed by atoms with Gasteiger partial charge in [0, 0.05) is 18.2 Å². The lowest BCUT2D eigenvalue weighted by molar-refractivity contribution is -0.117. The van der Waals surface area contributed by atoms with Crippen LogP contribution in [0, 0.1) is 11.3 Å². The highest BCUT2D eigenvalue weighted by Crippen LogP contribution is 2.47. The zero-order chi connectivity index (χ0) is 22.2. The Balaban J connectivity index is 1.75. The summed E-state index contributed by atoms with van der Waals surface area (Å²) in [6.45, 7) is 0.847. The number of para-hydroxylation sites is 1. The van der Waals surface area contributed by atoms with Crippen LogP contribution in [0.25, 0.3) is 0 Å². The van der Waals surface area contributed by atoms with Gasteiger partial charge in [0.1, 0.15) is 11.4 Å². The second kappa shape index (κ2) is 7.93. The molecule has 1 aliphatic carbocycles. The van der Waals surface area contributed by atoms with Gasteiger partial charge in [0.25, 0.3) is 0 Å². The van der Waals surface area contributed by atoms with E-state index in [0.29, 0.717) is 11.3 Å². The smallest absolute Gasteiger partial charge is 0.313 e. The van der Waals surface area contributed by atoms with E-state index in [0.717, 1.165) is 12.8 Å². The summed E-state index contributed by atoms with van der Waals surface area (Å²) in [5.41, 5.74) is 0.374. The van der Waals surface area contributed by atoms with E-state index >= 15 is 0 Å². The largest absolute Gasteiger partial charge is 0.494 e. The number of methoxy groups -OCH3 is 1. The van der Waals surface area contributed by atoms with Crippen LogP contribution in [0.15, 0.2) is 29.3 Å². The monoisotopic (exact) mass is 429 g/mol. The number of amides is 1. The average Bonchev–Trinajstić information content (AvgIpc) is 3.53. The lowest BCUT2D eigenvalue weighted by atomic mass is 10.1. The zero-order valence-corrected chi connectivity index (χ0v) is 17.0. The number of aromatic nitrogens is 1. The van der Waals surface area contributed by atoms with Crippen LogP contribution in [0.1, 0.15) is 30.9 Å². The summed E-state index contributed by atoms with van der Waals surface area (Å²) < 4.78 is 39.6. The maximum Gasteiger partial charge on any atom is 0.313 e. The number of nitrogens with one attached hydrogen (secondary N) is 3. The topological polar surface area (TPSA) is 109 Å². The van der Waals surface area contributed by atoms with Gasteiger partial charge in [-0.2, -0.15) is 13.8 Å². The van der Waals surface area contributed by atoms with E-state index in [4.69, 9.17) is 14.9 Å². The highest BCUT2D eigenvalue weighted by Gasteiger charge is 2.45. The number of rotatable bonds is 6. The number of fused-ring (bicyclic) bond motifs is 1. The fourth-order valence-electron chi connectivity index (χ4n) is 3.33. The molecule has 1 saturated carbocycles. The van der Waals surface area contributed by atoms with Crippen LogP contribution in [0.3, 0.4) is 0 Å². The minimum absolute atomic E-state index is 0.0274. The van der Waals surface area contributed by atoms with Gasteiger partial charge in [-0.3, -0.25) is 10.2 Å². The first-order chi connectivity index (χ1) is 14.8. The van der Waals surface area contributed by atoms with Crippen molar-refractivity contribution in [3.63, 3.8) is 0 Å². The molecule has 10 heteroatoms. The van der Waals surface area contributed by atoms with E-state index in [-0.39, 0.29) is 40.8 Å². The third kappa shape index (κ3) is 4.05. The van der Waals surface area contributed by atoms with Crippen LogP contribution in [-0.2, 0) is 10.7 Å². The number of hydrogen-bond donors (Lipinski definition) is 3. The molecule has 2 aromatic rings. The van der Waals surface area contributed by atoms with E-state index < -0.39 is 18.1 Å². The van der Waals surface area contributed by atoms with Crippen molar-refractivity contribution in [2.75, 3.05) is 24.4 Å². The number of amidine groups is 1. The molecule has 8 nitrogen and oxygen atoms in total. The number of ether oxygens (including phenoxy) is 2. The molecule has 1 fully saturated rings. The summed E-state index contributed by atoms with van der Waals surface area (Å²) in [6.07, 6.45) is 3.07. The Morgan fingerprint density at radius 3 is 2.84 bits per heavy atom. The van der Waals surface area contributed by atoms with Gasteiger partial charge >= 0.3 is 5.92 Å². The van der Waals surface area contributed by atoms with Crippen LogP contribution in [0.5, 0.6) is 11.6 Å². The number of benzene rings is 1. The van der Waals surface area contributed by atoms with Crippen molar-refractivity contribution >= 4 is 35.2 Å². The summed E-state index contributed by atoms with van der Waals surface area (Å²) in [5.74, 6) is -3.41. The number of nitrogens with zero attached hydrogens (tertiary/aromatic N) is 2. The predicted molar refractivity (Wildman–Crippen MR) is 112 cm³/mol. The first kappa shape index (κ1) is 20.7. The lowest BCUT2D eigenvalue weighted by Crippen LogP contribution is -2.17. The minimum Gasteiger partial charge on any atom is -0.494 e. The molecule has 1 aliphatic heterocycles. The summed E-state index contributed by atoms with van der Waals surface area (Å²) in [5, 5.41) is 13.7. The van der Waals surface area contributed by atoms with E-state index in [9.17, 15) is 13.6 Å². The van der Waals surface area contributed by atoms with Crippen LogP contribution in [-0.4, -0.2) is 36.7 Å². The third-order valence-corrected chi connectivity index (χ3v) is 4.94. The molecule has 31 heavy (non-hydrogen) atoms. The molecule has 0 radical (unpaired) electrons. The van der Waals surface area contributed by atoms with Gasteiger partial charge in [-0.15, -0.1) is 0 Å². The molecular weight excluding hydrogens is 408 g/mol. The fourth-order valence-corrected chi connectivity index (χ4v) is 3.33. The molecule has 2 heterocycles. The number of aliphatic imine (C=N–C) groups is 1. The second-order valence-electron chi connectivity index (χ2n) is 7.24. The number of alkyl halides is 2. The molecule has 0 bridgehead atoms. The Labute approximate surface area is 177 Å². The molecule has 0 unspecified atom stereocenters. The number of carbonyl (C=O) groups is 1. The standard InChI is InChI=1S/C21H21F2N5O3/c1-3-25-18(24)12-5-4-6-13(17(12)30-2)26-14-9-15(27-19(29)11-7-8-11)28-20-16(14)21(22,23)10-31-20/h3-6,9,11,24H,7-8,10H2,1-2H3,(H2,26,27,28,29). The zero-order valence-electron chi connectivity index (χ0n) is 17.0. The molecule has 162 valence electrons. The highest BCUT2D eigenvalue weighted by molar-refractivity contribution is 6.04. The van der Waals surface area contributed by atoms with Crippen molar-refractivity contribution < 1.29 is 23.0 Å². The fraction of sp³-hybridized carbons (Fsp3) is 0.333. The predicted octanol–water partition coefficient (Wildman–Crippen LogP) is 4.08. The molecule has 1 aromatic carbocycles. The van der Waals surface area contributed by atoms with Crippen molar-refractivity contribution in [1.29, 1.82) is 5.41 Å². The molecule has 0 spiro atoms. The summed E-state index contributed by atoms with van der Waals surface area (Å²) in [4.78, 5) is 20.1. The molecule has 1 aromatic heterocycles. The molecule has 4 rings (SSSR count). The maximum absolute atomic E-state index is 14.5. The molecule has 0 atom stereocenters. The van der Waals surface area contributed by atoms with E-state index in [1.54, 1.807) is 25.1 Å². The van der Waals surface area contributed by atoms with E-state index in [1.807, 2.05) is 0 Å². The van der Waals surface area contributed by atoms with E-state index in [1.165, 1.54) is 19.4 Å². The SMILES string of the molecule is CC=NC(=N)c1cccc(Nc2cc(NC(=O)C3CC3)nc3c2C(F)(F)CO3)c1OC. The van der Waals surface area contributed by atoms with Crippen molar-refractivity contribution in [2.45, 2.75) is 25.7 Å². The molecule has 0 saturated heterocycles. The Morgan fingerprint density at radius 2 is 2.16 bits per heavy atom.